The average Bonchev–Trinajstić information content (AvgIpc) is 2.45. The zero-order valence-electron chi connectivity index (χ0n) is 10.5. The number of benzene rings is 2. The van der Waals surface area contributed by atoms with Gasteiger partial charge in [0.1, 0.15) is 0 Å². The quantitative estimate of drug-likeness (QED) is 0.695. The van der Waals surface area contributed by atoms with Crippen LogP contribution < -0.4 is 10.6 Å². The van der Waals surface area contributed by atoms with Crippen LogP contribution in [0.1, 0.15) is 10.4 Å². The molecule has 0 fully saturated rings. The Balaban J connectivity index is 1.85. The highest BCUT2D eigenvalue weighted by Gasteiger charge is 2.07. The molecular weight excluding hydrogens is 240 g/mol. The maximum Gasteiger partial charge on any atom is 0.337 e. The highest BCUT2D eigenvalue weighted by Crippen LogP contribution is 2.14. The Kier molecular flexibility index (Phi) is 4.39. The van der Waals surface area contributed by atoms with Gasteiger partial charge in [0.05, 0.1) is 5.56 Å². The topological polar surface area (TPSA) is 61.4 Å². The number of hydrogen-bond donors (Lipinski definition) is 3. The van der Waals surface area contributed by atoms with Crippen LogP contribution in [-0.4, -0.2) is 24.2 Å². The highest BCUT2D eigenvalue weighted by atomic mass is 16.4. The molecule has 0 aliphatic carbocycles. The van der Waals surface area contributed by atoms with Crippen LogP contribution in [0.5, 0.6) is 0 Å². The Hall–Kier alpha value is -2.49. The van der Waals surface area contributed by atoms with Gasteiger partial charge in [0.25, 0.3) is 0 Å². The normalized spacial score (nSPS) is 9.89. The summed E-state index contributed by atoms with van der Waals surface area (Å²) in [6.45, 7) is 1.37. The highest BCUT2D eigenvalue weighted by molar-refractivity contribution is 5.94. The fourth-order valence-corrected chi connectivity index (χ4v) is 1.78. The summed E-state index contributed by atoms with van der Waals surface area (Å²) in [4.78, 5) is 11.0. The lowest BCUT2D eigenvalue weighted by Gasteiger charge is -2.10. The lowest BCUT2D eigenvalue weighted by Crippen LogP contribution is -2.15. The van der Waals surface area contributed by atoms with Gasteiger partial charge in [-0.05, 0) is 24.3 Å². The molecular formula is C15H16N2O2. The van der Waals surface area contributed by atoms with E-state index in [4.69, 9.17) is 5.11 Å². The second-order valence-electron chi connectivity index (χ2n) is 4.07. The van der Waals surface area contributed by atoms with Crippen molar-refractivity contribution in [3.8, 4) is 0 Å². The molecule has 2 aromatic carbocycles. The summed E-state index contributed by atoms with van der Waals surface area (Å²) in [5, 5.41) is 15.4. The van der Waals surface area contributed by atoms with Gasteiger partial charge < -0.3 is 15.7 Å². The van der Waals surface area contributed by atoms with E-state index < -0.39 is 5.97 Å². The summed E-state index contributed by atoms with van der Waals surface area (Å²) >= 11 is 0. The molecule has 98 valence electrons. The molecule has 4 nitrogen and oxygen atoms in total. The van der Waals surface area contributed by atoms with Crippen LogP contribution in [0.25, 0.3) is 0 Å². The summed E-state index contributed by atoms with van der Waals surface area (Å²) < 4.78 is 0. The van der Waals surface area contributed by atoms with Gasteiger partial charge in [-0.25, -0.2) is 4.79 Å². The van der Waals surface area contributed by atoms with Gasteiger partial charge in [0, 0.05) is 24.5 Å². The number of carboxylic acid groups (broad SMARTS) is 1. The minimum atomic E-state index is -0.917. The molecule has 4 heteroatoms. The van der Waals surface area contributed by atoms with E-state index in [1.54, 1.807) is 18.2 Å². The summed E-state index contributed by atoms with van der Waals surface area (Å²) in [6.07, 6.45) is 0. The zero-order valence-corrected chi connectivity index (χ0v) is 10.5. The molecule has 0 aliphatic rings. The SMILES string of the molecule is O=C(O)c1ccccc1NCCNc1ccccc1. The first-order valence-electron chi connectivity index (χ1n) is 6.12. The van der Waals surface area contributed by atoms with E-state index in [0.29, 0.717) is 17.8 Å². The van der Waals surface area contributed by atoms with Crippen LogP contribution in [0, 0.1) is 0 Å². The first-order chi connectivity index (χ1) is 9.27. The monoisotopic (exact) mass is 256 g/mol. The Bertz CT molecular complexity index is 541. The number of hydrogen-bond acceptors (Lipinski definition) is 3. The van der Waals surface area contributed by atoms with Crippen molar-refractivity contribution in [1.29, 1.82) is 0 Å². The standard InChI is InChI=1S/C15H16N2O2/c18-15(19)13-8-4-5-9-14(13)17-11-10-16-12-6-2-1-3-7-12/h1-9,16-17H,10-11H2,(H,18,19). The summed E-state index contributed by atoms with van der Waals surface area (Å²) in [7, 11) is 0. The van der Waals surface area contributed by atoms with Crippen LogP contribution in [0.3, 0.4) is 0 Å². The van der Waals surface area contributed by atoms with E-state index in [9.17, 15) is 4.79 Å². The number of nitrogens with one attached hydrogen (secondary N) is 2. The van der Waals surface area contributed by atoms with Crippen molar-refractivity contribution in [1.82, 2.24) is 0 Å². The first kappa shape index (κ1) is 13.0. The molecule has 0 aliphatic heterocycles. The molecule has 0 atom stereocenters. The van der Waals surface area contributed by atoms with Gasteiger partial charge in [-0.1, -0.05) is 30.3 Å². The molecule has 2 rings (SSSR count). The maximum atomic E-state index is 11.0. The Morgan fingerprint density at radius 1 is 0.895 bits per heavy atom. The van der Waals surface area contributed by atoms with Crippen molar-refractivity contribution < 1.29 is 9.90 Å². The molecule has 19 heavy (non-hydrogen) atoms. The molecule has 3 N–H and O–H groups in total. The van der Waals surface area contributed by atoms with Crippen molar-refractivity contribution in [2.24, 2.45) is 0 Å². The molecule has 0 spiro atoms. The van der Waals surface area contributed by atoms with Gasteiger partial charge in [0.15, 0.2) is 0 Å². The molecule has 0 aromatic heterocycles. The Morgan fingerprint density at radius 2 is 1.53 bits per heavy atom. The van der Waals surface area contributed by atoms with E-state index in [2.05, 4.69) is 10.6 Å². The van der Waals surface area contributed by atoms with Gasteiger partial charge in [0.2, 0.25) is 0 Å². The minimum Gasteiger partial charge on any atom is -0.478 e. The van der Waals surface area contributed by atoms with Crippen molar-refractivity contribution >= 4 is 17.3 Å². The van der Waals surface area contributed by atoms with Gasteiger partial charge in [-0.3, -0.25) is 0 Å². The minimum absolute atomic E-state index is 0.294. The summed E-state index contributed by atoms with van der Waals surface area (Å²) in [6, 6.07) is 16.8. The van der Waals surface area contributed by atoms with E-state index in [1.165, 1.54) is 0 Å². The number of para-hydroxylation sites is 2. The van der Waals surface area contributed by atoms with Crippen molar-refractivity contribution in [3.63, 3.8) is 0 Å². The Morgan fingerprint density at radius 3 is 2.26 bits per heavy atom. The lowest BCUT2D eigenvalue weighted by molar-refractivity contribution is 0.0698. The largest absolute Gasteiger partial charge is 0.478 e. The van der Waals surface area contributed by atoms with Crippen molar-refractivity contribution in [2.75, 3.05) is 23.7 Å². The molecule has 2 aromatic rings. The number of rotatable bonds is 6. The predicted molar refractivity (Wildman–Crippen MR) is 76.8 cm³/mol. The average molecular weight is 256 g/mol. The fraction of sp³-hybridized carbons (Fsp3) is 0.133. The number of anilines is 2. The summed E-state index contributed by atoms with van der Waals surface area (Å²) in [5.74, 6) is -0.917. The van der Waals surface area contributed by atoms with E-state index in [0.717, 1.165) is 12.2 Å². The van der Waals surface area contributed by atoms with Crippen LogP contribution in [0.2, 0.25) is 0 Å². The molecule has 0 bridgehead atoms. The van der Waals surface area contributed by atoms with Crippen molar-refractivity contribution in [2.45, 2.75) is 0 Å². The number of carbonyl (C=O) groups is 1. The van der Waals surface area contributed by atoms with Crippen LogP contribution in [0.4, 0.5) is 11.4 Å². The third kappa shape index (κ3) is 3.74. The molecule has 0 saturated carbocycles. The van der Waals surface area contributed by atoms with Crippen molar-refractivity contribution in [3.05, 3.63) is 60.2 Å². The molecule has 0 amide bonds. The third-order valence-electron chi connectivity index (χ3n) is 2.70. The van der Waals surface area contributed by atoms with E-state index in [-0.39, 0.29) is 0 Å². The fourth-order valence-electron chi connectivity index (χ4n) is 1.78. The number of aromatic carboxylic acids is 1. The second kappa shape index (κ2) is 6.44. The van der Waals surface area contributed by atoms with Crippen LogP contribution >= 0.6 is 0 Å². The zero-order chi connectivity index (χ0) is 13.5. The first-order valence-corrected chi connectivity index (χ1v) is 6.12. The third-order valence-corrected chi connectivity index (χ3v) is 2.70. The molecule has 0 radical (unpaired) electrons. The second-order valence-corrected chi connectivity index (χ2v) is 4.07. The molecule has 0 heterocycles. The van der Waals surface area contributed by atoms with E-state index >= 15 is 0 Å². The predicted octanol–water partition coefficient (Wildman–Crippen LogP) is 2.91. The lowest BCUT2D eigenvalue weighted by atomic mass is 10.2. The summed E-state index contributed by atoms with van der Waals surface area (Å²) in [5.41, 5.74) is 1.99. The van der Waals surface area contributed by atoms with E-state index in [1.807, 2.05) is 36.4 Å². The molecule has 0 saturated heterocycles. The molecule has 0 unspecified atom stereocenters. The maximum absolute atomic E-state index is 11.0. The van der Waals surface area contributed by atoms with Gasteiger partial charge >= 0.3 is 5.97 Å². The van der Waals surface area contributed by atoms with Gasteiger partial charge in [-0.2, -0.15) is 0 Å². The number of carboxylic acids is 1. The smallest absolute Gasteiger partial charge is 0.337 e. The van der Waals surface area contributed by atoms with Gasteiger partial charge in [-0.15, -0.1) is 0 Å². The van der Waals surface area contributed by atoms with Crippen LogP contribution in [0.15, 0.2) is 54.6 Å². The van der Waals surface area contributed by atoms with Crippen LogP contribution in [-0.2, 0) is 0 Å². The Labute approximate surface area is 112 Å².